The molecular weight excluding hydrogens is 402 g/mol. The fourth-order valence-corrected chi connectivity index (χ4v) is 3.79. The molecule has 0 unspecified atom stereocenters. The molecule has 1 aromatic heterocycles. The molecule has 1 aromatic carbocycles. The predicted octanol–water partition coefficient (Wildman–Crippen LogP) is 3.15. The molecular formula is C22H28ClN5O2. The zero-order valence-corrected chi connectivity index (χ0v) is 18.4. The molecule has 160 valence electrons. The van der Waals surface area contributed by atoms with Crippen LogP contribution in [0.25, 0.3) is 0 Å². The molecule has 0 fully saturated rings. The number of carbonyl (C=O) groups excluding carboxylic acids is 2. The van der Waals surface area contributed by atoms with Crippen molar-refractivity contribution >= 4 is 29.4 Å². The summed E-state index contributed by atoms with van der Waals surface area (Å²) in [7, 11) is 3.96. The summed E-state index contributed by atoms with van der Waals surface area (Å²) in [6, 6.07) is 8.93. The van der Waals surface area contributed by atoms with E-state index in [0.29, 0.717) is 37.2 Å². The van der Waals surface area contributed by atoms with Gasteiger partial charge in [0, 0.05) is 45.6 Å². The summed E-state index contributed by atoms with van der Waals surface area (Å²) in [5.74, 6) is 0.414. The van der Waals surface area contributed by atoms with Gasteiger partial charge in [-0.3, -0.25) is 19.5 Å². The molecule has 0 radical (unpaired) electrons. The molecule has 2 heterocycles. The molecule has 1 aliphatic heterocycles. The Bertz CT molecular complexity index is 918. The Kier molecular flexibility index (Phi) is 7.15. The number of benzene rings is 1. The molecule has 1 aliphatic rings. The number of guanidine groups is 1. The number of aryl methyl sites for hydroxylation is 1. The van der Waals surface area contributed by atoms with Crippen LogP contribution in [0.15, 0.2) is 41.5 Å². The molecule has 2 aromatic rings. The highest BCUT2D eigenvalue weighted by molar-refractivity contribution is 6.30. The number of hydrogen-bond donors (Lipinski definition) is 1. The highest BCUT2D eigenvalue weighted by atomic mass is 35.5. The summed E-state index contributed by atoms with van der Waals surface area (Å²) < 4.78 is 2.00. The van der Waals surface area contributed by atoms with Crippen molar-refractivity contribution in [1.29, 1.82) is 0 Å². The van der Waals surface area contributed by atoms with Gasteiger partial charge in [-0.25, -0.2) is 0 Å². The molecule has 7 nitrogen and oxygen atoms in total. The summed E-state index contributed by atoms with van der Waals surface area (Å²) in [5.41, 5.74) is 2.09. The Balaban J connectivity index is 1.51. The van der Waals surface area contributed by atoms with Crippen LogP contribution in [0, 0.1) is 0 Å². The van der Waals surface area contributed by atoms with Crippen LogP contribution in [0.3, 0.4) is 0 Å². The van der Waals surface area contributed by atoms with Crippen LogP contribution in [0.2, 0.25) is 5.02 Å². The van der Waals surface area contributed by atoms with E-state index in [1.807, 2.05) is 37.8 Å². The zero-order chi connectivity index (χ0) is 21.7. The number of amides is 2. The number of hydrogen-bond acceptors (Lipinski definition) is 3. The van der Waals surface area contributed by atoms with E-state index in [2.05, 4.69) is 15.2 Å². The van der Waals surface area contributed by atoms with Crippen LogP contribution < -0.4 is 5.32 Å². The zero-order valence-electron chi connectivity index (χ0n) is 17.7. The Morgan fingerprint density at radius 3 is 2.40 bits per heavy atom. The smallest absolute Gasteiger partial charge is 0.261 e. The second-order valence-corrected chi connectivity index (χ2v) is 7.80. The first-order chi connectivity index (χ1) is 14.4. The number of carbonyl (C=O) groups is 2. The summed E-state index contributed by atoms with van der Waals surface area (Å²) in [6.07, 6.45) is 3.38. The lowest BCUT2D eigenvalue weighted by molar-refractivity contribution is 0.0652. The number of nitrogens with one attached hydrogen (secondary N) is 1. The maximum Gasteiger partial charge on any atom is 0.261 e. The van der Waals surface area contributed by atoms with Crippen LogP contribution in [0.1, 0.15) is 46.2 Å². The van der Waals surface area contributed by atoms with E-state index in [1.54, 1.807) is 24.3 Å². The molecule has 0 saturated carbocycles. The van der Waals surface area contributed by atoms with E-state index in [1.165, 1.54) is 4.90 Å². The van der Waals surface area contributed by atoms with E-state index in [-0.39, 0.29) is 11.8 Å². The van der Waals surface area contributed by atoms with Crippen molar-refractivity contribution in [1.82, 2.24) is 19.7 Å². The summed E-state index contributed by atoms with van der Waals surface area (Å²) in [5, 5.41) is 4.02. The van der Waals surface area contributed by atoms with Gasteiger partial charge >= 0.3 is 0 Å². The highest BCUT2D eigenvalue weighted by Gasteiger charge is 2.34. The van der Waals surface area contributed by atoms with E-state index < -0.39 is 0 Å². The van der Waals surface area contributed by atoms with Crippen molar-refractivity contribution in [2.75, 3.05) is 26.7 Å². The highest BCUT2D eigenvalue weighted by Crippen LogP contribution is 2.22. The van der Waals surface area contributed by atoms with Gasteiger partial charge in [0.05, 0.1) is 22.7 Å². The SMILES string of the molecule is CCNC(=NCCCCN1C(=O)c2ccccc2C1=O)N(C)Cc1cc(Cl)cn1C. The Labute approximate surface area is 182 Å². The Morgan fingerprint density at radius 2 is 1.83 bits per heavy atom. The molecule has 0 atom stereocenters. The van der Waals surface area contributed by atoms with E-state index in [9.17, 15) is 9.59 Å². The Morgan fingerprint density at radius 1 is 1.17 bits per heavy atom. The van der Waals surface area contributed by atoms with Crippen LogP contribution in [0.4, 0.5) is 0 Å². The maximum atomic E-state index is 12.4. The van der Waals surface area contributed by atoms with Crippen LogP contribution in [0.5, 0.6) is 0 Å². The topological polar surface area (TPSA) is 69.9 Å². The quantitative estimate of drug-likeness (QED) is 0.303. The lowest BCUT2D eigenvalue weighted by Crippen LogP contribution is -2.39. The average molecular weight is 430 g/mol. The normalized spacial score (nSPS) is 13.7. The molecule has 3 rings (SSSR count). The van der Waals surface area contributed by atoms with Gasteiger partial charge in [0.15, 0.2) is 5.96 Å². The summed E-state index contributed by atoms with van der Waals surface area (Å²) in [6.45, 7) is 4.51. The molecule has 0 aliphatic carbocycles. The number of unbranched alkanes of at least 4 members (excludes halogenated alkanes) is 1. The van der Waals surface area contributed by atoms with Gasteiger partial charge in [-0.2, -0.15) is 0 Å². The number of rotatable bonds is 8. The number of halogens is 1. The molecule has 1 N–H and O–H groups in total. The molecule has 30 heavy (non-hydrogen) atoms. The largest absolute Gasteiger partial charge is 0.357 e. The number of nitrogens with zero attached hydrogens (tertiary/aromatic N) is 4. The molecule has 8 heteroatoms. The first kappa shape index (κ1) is 21.9. The first-order valence-corrected chi connectivity index (χ1v) is 10.6. The molecule has 0 bridgehead atoms. The third-order valence-corrected chi connectivity index (χ3v) is 5.31. The first-order valence-electron chi connectivity index (χ1n) is 10.2. The van der Waals surface area contributed by atoms with Crippen LogP contribution >= 0.6 is 11.6 Å². The number of fused-ring (bicyclic) bond motifs is 1. The monoisotopic (exact) mass is 429 g/mol. The van der Waals surface area contributed by atoms with Crippen LogP contribution in [-0.2, 0) is 13.6 Å². The number of aliphatic imine (C=N–C) groups is 1. The fourth-order valence-electron chi connectivity index (χ4n) is 3.52. The summed E-state index contributed by atoms with van der Waals surface area (Å²) >= 11 is 6.08. The van der Waals surface area contributed by atoms with E-state index >= 15 is 0 Å². The predicted molar refractivity (Wildman–Crippen MR) is 119 cm³/mol. The van der Waals surface area contributed by atoms with Gasteiger partial charge < -0.3 is 14.8 Å². The third kappa shape index (κ3) is 4.84. The average Bonchev–Trinajstić information content (AvgIpc) is 3.17. The maximum absolute atomic E-state index is 12.4. The van der Waals surface area contributed by atoms with Crippen molar-refractivity contribution < 1.29 is 9.59 Å². The number of imide groups is 1. The van der Waals surface area contributed by atoms with Gasteiger partial charge in [0.1, 0.15) is 0 Å². The van der Waals surface area contributed by atoms with E-state index in [0.717, 1.165) is 29.6 Å². The van der Waals surface area contributed by atoms with Crippen molar-refractivity contribution in [3.05, 3.63) is 58.4 Å². The third-order valence-electron chi connectivity index (χ3n) is 5.10. The Hall–Kier alpha value is -2.80. The number of aromatic nitrogens is 1. The van der Waals surface area contributed by atoms with Crippen LogP contribution in [-0.4, -0.2) is 58.8 Å². The molecule has 0 spiro atoms. The van der Waals surface area contributed by atoms with E-state index in [4.69, 9.17) is 11.6 Å². The molecule has 2 amide bonds. The minimum Gasteiger partial charge on any atom is -0.357 e. The fraction of sp³-hybridized carbons (Fsp3) is 0.409. The lowest BCUT2D eigenvalue weighted by atomic mass is 10.1. The lowest BCUT2D eigenvalue weighted by Gasteiger charge is -2.22. The minimum absolute atomic E-state index is 0.201. The van der Waals surface area contributed by atoms with Crippen molar-refractivity contribution in [2.24, 2.45) is 12.0 Å². The van der Waals surface area contributed by atoms with Crippen molar-refractivity contribution in [3.63, 3.8) is 0 Å². The standard InChI is InChI=1S/C22H28ClN5O2/c1-4-24-22(27(3)15-17-13-16(23)14-26(17)2)25-11-7-8-12-28-20(29)18-9-5-6-10-19(18)21(28)30/h5-6,9-10,13-14H,4,7-8,11-12,15H2,1-3H3,(H,24,25). The molecule has 0 saturated heterocycles. The van der Waals surface area contributed by atoms with Gasteiger partial charge in [0.25, 0.3) is 11.8 Å². The second-order valence-electron chi connectivity index (χ2n) is 7.37. The van der Waals surface area contributed by atoms with Gasteiger partial charge in [0.2, 0.25) is 0 Å². The second kappa shape index (κ2) is 9.80. The van der Waals surface area contributed by atoms with Gasteiger partial charge in [-0.05, 0) is 38.0 Å². The van der Waals surface area contributed by atoms with Gasteiger partial charge in [-0.15, -0.1) is 0 Å². The van der Waals surface area contributed by atoms with Gasteiger partial charge in [-0.1, -0.05) is 23.7 Å². The minimum atomic E-state index is -0.201. The van der Waals surface area contributed by atoms with Crippen molar-refractivity contribution in [2.45, 2.75) is 26.3 Å². The van der Waals surface area contributed by atoms with Crippen molar-refractivity contribution in [3.8, 4) is 0 Å². The summed E-state index contributed by atoms with van der Waals surface area (Å²) in [4.78, 5) is 32.9.